The fourth-order valence-electron chi connectivity index (χ4n) is 1.84. The summed E-state index contributed by atoms with van der Waals surface area (Å²) in [5.41, 5.74) is 0. The number of nitrogens with one attached hydrogen (secondary N) is 1. The van der Waals surface area contributed by atoms with Crippen molar-refractivity contribution in [1.29, 1.82) is 0 Å². The molecule has 1 fully saturated rings. The van der Waals surface area contributed by atoms with Crippen LogP contribution in [0.1, 0.15) is 33.6 Å². The minimum absolute atomic E-state index is 0.119. The summed E-state index contributed by atoms with van der Waals surface area (Å²) in [6.07, 6.45) is 1.99. The lowest BCUT2D eigenvalue weighted by molar-refractivity contribution is -0.148. The number of esters is 1. The van der Waals surface area contributed by atoms with Gasteiger partial charge in [-0.15, -0.1) is 0 Å². The van der Waals surface area contributed by atoms with E-state index in [2.05, 4.69) is 19.2 Å². The van der Waals surface area contributed by atoms with E-state index in [0.29, 0.717) is 12.1 Å². The predicted molar refractivity (Wildman–Crippen MR) is 46.8 cm³/mol. The van der Waals surface area contributed by atoms with Crippen LogP contribution in [0.25, 0.3) is 0 Å². The van der Waals surface area contributed by atoms with Gasteiger partial charge in [0.25, 0.3) is 0 Å². The Labute approximate surface area is 73.5 Å². The van der Waals surface area contributed by atoms with Crippen molar-refractivity contribution in [3.63, 3.8) is 0 Å². The molecule has 1 saturated heterocycles. The Bertz CT molecular complexity index is 160. The summed E-state index contributed by atoms with van der Waals surface area (Å²) >= 11 is 0. The third-order valence-electron chi connectivity index (χ3n) is 2.13. The zero-order valence-corrected chi connectivity index (χ0v) is 7.96. The van der Waals surface area contributed by atoms with Gasteiger partial charge in [-0.1, -0.05) is 0 Å². The zero-order valence-electron chi connectivity index (χ0n) is 7.96. The Morgan fingerprint density at radius 2 is 1.83 bits per heavy atom. The lowest BCUT2D eigenvalue weighted by Gasteiger charge is -2.32. The normalized spacial score (nSPS) is 36.1. The lowest BCUT2D eigenvalue weighted by atomic mass is 9.98. The Kier molecular flexibility index (Phi) is 3.09. The van der Waals surface area contributed by atoms with Crippen LogP contribution in [-0.2, 0) is 9.53 Å². The monoisotopic (exact) mass is 171 g/mol. The van der Waals surface area contributed by atoms with Crippen LogP contribution in [-0.4, -0.2) is 24.2 Å². The van der Waals surface area contributed by atoms with Crippen molar-refractivity contribution < 1.29 is 9.53 Å². The molecule has 2 unspecified atom stereocenters. The van der Waals surface area contributed by atoms with Crippen molar-refractivity contribution in [1.82, 2.24) is 5.32 Å². The second kappa shape index (κ2) is 3.90. The summed E-state index contributed by atoms with van der Waals surface area (Å²) in [7, 11) is 0. The van der Waals surface area contributed by atoms with Gasteiger partial charge in [-0.2, -0.15) is 0 Å². The molecule has 3 heteroatoms. The van der Waals surface area contributed by atoms with E-state index in [1.807, 2.05) is 0 Å². The Morgan fingerprint density at radius 1 is 1.33 bits per heavy atom. The molecule has 1 aliphatic heterocycles. The predicted octanol–water partition coefficient (Wildman–Crippen LogP) is 1.08. The van der Waals surface area contributed by atoms with Gasteiger partial charge in [0.05, 0.1) is 0 Å². The molecule has 0 radical (unpaired) electrons. The number of hydrogen-bond acceptors (Lipinski definition) is 3. The van der Waals surface area contributed by atoms with Crippen LogP contribution in [0.2, 0.25) is 0 Å². The molecule has 1 aliphatic rings. The summed E-state index contributed by atoms with van der Waals surface area (Å²) in [6, 6.07) is 0.913. The van der Waals surface area contributed by atoms with Crippen molar-refractivity contribution in [3.8, 4) is 0 Å². The van der Waals surface area contributed by atoms with Gasteiger partial charge in [-0.25, -0.2) is 0 Å². The van der Waals surface area contributed by atoms with E-state index in [-0.39, 0.29) is 12.1 Å². The molecule has 3 nitrogen and oxygen atoms in total. The molecule has 0 aromatic rings. The van der Waals surface area contributed by atoms with Gasteiger partial charge in [0.1, 0.15) is 6.10 Å². The minimum Gasteiger partial charge on any atom is -0.462 e. The summed E-state index contributed by atoms with van der Waals surface area (Å²) in [4.78, 5) is 10.7. The molecule has 0 spiro atoms. The van der Waals surface area contributed by atoms with Crippen LogP contribution >= 0.6 is 0 Å². The molecule has 1 heterocycles. The van der Waals surface area contributed by atoms with Crippen LogP contribution < -0.4 is 5.32 Å². The fraction of sp³-hybridized carbons (Fsp3) is 0.889. The van der Waals surface area contributed by atoms with E-state index < -0.39 is 0 Å². The number of piperidine rings is 1. The van der Waals surface area contributed by atoms with Crippen LogP contribution in [0.4, 0.5) is 0 Å². The van der Waals surface area contributed by atoms with E-state index >= 15 is 0 Å². The average Bonchev–Trinajstić information content (AvgIpc) is 1.81. The van der Waals surface area contributed by atoms with Gasteiger partial charge in [-0.3, -0.25) is 4.79 Å². The van der Waals surface area contributed by atoms with Crippen molar-refractivity contribution >= 4 is 5.97 Å². The number of ether oxygens (including phenoxy) is 1. The van der Waals surface area contributed by atoms with E-state index in [1.165, 1.54) is 6.92 Å². The third kappa shape index (κ3) is 2.81. The van der Waals surface area contributed by atoms with Crippen LogP contribution in [0.5, 0.6) is 0 Å². The molecule has 2 atom stereocenters. The molecular weight excluding hydrogens is 154 g/mol. The van der Waals surface area contributed by atoms with E-state index in [4.69, 9.17) is 4.74 Å². The summed E-state index contributed by atoms with van der Waals surface area (Å²) in [5.74, 6) is -0.165. The number of hydrogen-bond donors (Lipinski definition) is 1. The minimum atomic E-state index is -0.165. The van der Waals surface area contributed by atoms with E-state index in [9.17, 15) is 4.79 Å². The van der Waals surface area contributed by atoms with Crippen molar-refractivity contribution in [3.05, 3.63) is 0 Å². The highest BCUT2D eigenvalue weighted by Crippen LogP contribution is 2.16. The lowest BCUT2D eigenvalue weighted by Crippen LogP contribution is -2.45. The fourth-order valence-corrected chi connectivity index (χ4v) is 1.84. The molecule has 1 rings (SSSR count). The van der Waals surface area contributed by atoms with Crippen LogP contribution in [0, 0.1) is 0 Å². The maximum atomic E-state index is 10.7. The maximum absolute atomic E-state index is 10.7. The second-order valence-electron chi connectivity index (χ2n) is 3.67. The van der Waals surface area contributed by atoms with Crippen LogP contribution in [0.15, 0.2) is 0 Å². The highest BCUT2D eigenvalue weighted by Gasteiger charge is 2.24. The number of rotatable bonds is 1. The van der Waals surface area contributed by atoms with Crippen molar-refractivity contribution in [2.24, 2.45) is 0 Å². The average molecular weight is 171 g/mol. The zero-order chi connectivity index (χ0) is 9.14. The van der Waals surface area contributed by atoms with E-state index in [1.54, 1.807) is 0 Å². The first-order valence-corrected chi connectivity index (χ1v) is 4.51. The molecule has 0 aromatic heterocycles. The van der Waals surface area contributed by atoms with Gasteiger partial charge in [0, 0.05) is 19.0 Å². The topological polar surface area (TPSA) is 38.3 Å². The number of carbonyl (C=O) groups is 1. The summed E-state index contributed by atoms with van der Waals surface area (Å²) in [5, 5.41) is 3.39. The standard InChI is InChI=1S/C9H17NO2/c1-6-4-9(12-8(3)11)5-7(2)10-6/h6-7,9-10H,4-5H2,1-3H3. The van der Waals surface area contributed by atoms with Gasteiger partial charge < -0.3 is 10.1 Å². The van der Waals surface area contributed by atoms with Gasteiger partial charge in [0.15, 0.2) is 0 Å². The largest absolute Gasteiger partial charge is 0.462 e. The molecule has 0 aromatic carbocycles. The third-order valence-corrected chi connectivity index (χ3v) is 2.13. The molecule has 0 amide bonds. The molecule has 0 aliphatic carbocycles. The SMILES string of the molecule is CC(=O)OC1CC(C)NC(C)C1. The Hall–Kier alpha value is -0.570. The molecule has 0 saturated carbocycles. The van der Waals surface area contributed by atoms with Gasteiger partial charge >= 0.3 is 5.97 Å². The van der Waals surface area contributed by atoms with Gasteiger partial charge in [-0.05, 0) is 26.7 Å². The van der Waals surface area contributed by atoms with Gasteiger partial charge in [0.2, 0.25) is 0 Å². The molecule has 70 valence electrons. The first-order chi connectivity index (χ1) is 5.58. The highest BCUT2D eigenvalue weighted by molar-refractivity contribution is 5.66. The first kappa shape index (κ1) is 9.52. The smallest absolute Gasteiger partial charge is 0.302 e. The number of carbonyl (C=O) groups excluding carboxylic acids is 1. The van der Waals surface area contributed by atoms with Crippen molar-refractivity contribution in [2.75, 3.05) is 0 Å². The van der Waals surface area contributed by atoms with E-state index in [0.717, 1.165) is 12.8 Å². The summed E-state index contributed by atoms with van der Waals surface area (Å²) in [6.45, 7) is 5.70. The van der Waals surface area contributed by atoms with Crippen LogP contribution in [0.3, 0.4) is 0 Å². The highest BCUT2D eigenvalue weighted by atomic mass is 16.5. The Morgan fingerprint density at radius 3 is 2.25 bits per heavy atom. The molecule has 12 heavy (non-hydrogen) atoms. The summed E-state index contributed by atoms with van der Waals surface area (Å²) < 4.78 is 5.15. The molecular formula is C9H17NO2. The molecule has 1 N–H and O–H groups in total. The first-order valence-electron chi connectivity index (χ1n) is 4.51. The second-order valence-corrected chi connectivity index (χ2v) is 3.67. The maximum Gasteiger partial charge on any atom is 0.302 e. The Balaban J connectivity index is 2.38. The quantitative estimate of drug-likeness (QED) is 0.600. The molecule has 0 bridgehead atoms. The van der Waals surface area contributed by atoms with Crippen molar-refractivity contribution in [2.45, 2.75) is 51.8 Å².